The van der Waals surface area contributed by atoms with Gasteiger partial charge in [0.1, 0.15) is 12.4 Å². The van der Waals surface area contributed by atoms with E-state index in [-0.39, 0.29) is 37.1 Å². The Morgan fingerprint density at radius 3 is 2.63 bits per heavy atom. The van der Waals surface area contributed by atoms with Crippen LogP contribution in [0.3, 0.4) is 0 Å². The van der Waals surface area contributed by atoms with Gasteiger partial charge < -0.3 is 20.2 Å². The number of carbonyl (C=O) groups is 2. The van der Waals surface area contributed by atoms with Crippen LogP contribution in [-0.4, -0.2) is 58.6 Å². The number of aliphatic hydroxyl groups excluding tert-OH is 1. The molecular formula is C28H30FN3O3. The molecule has 0 unspecified atom stereocenters. The second-order valence-electron chi connectivity index (χ2n) is 9.74. The third-order valence-corrected chi connectivity index (χ3v) is 7.51. The van der Waals surface area contributed by atoms with E-state index in [0.717, 1.165) is 23.5 Å². The number of halogens is 1. The molecule has 2 aliphatic heterocycles. The molecule has 0 radical (unpaired) electrons. The molecule has 2 saturated heterocycles. The van der Waals surface area contributed by atoms with Crippen molar-refractivity contribution >= 4 is 17.6 Å². The lowest BCUT2D eigenvalue weighted by Gasteiger charge is -2.58. The Labute approximate surface area is 205 Å². The van der Waals surface area contributed by atoms with Crippen LogP contribution in [0.15, 0.2) is 48.5 Å². The van der Waals surface area contributed by atoms with Gasteiger partial charge in [-0.3, -0.25) is 4.79 Å². The third-order valence-electron chi connectivity index (χ3n) is 7.51. The number of carbonyl (C=O) groups excluding carboxylic acids is 2. The van der Waals surface area contributed by atoms with Crippen molar-refractivity contribution in [3.63, 3.8) is 0 Å². The molecule has 3 atom stereocenters. The second kappa shape index (κ2) is 10.1. The summed E-state index contributed by atoms with van der Waals surface area (Å²) in [5.74, 6) is 6.60. The summed E-state index contributed by atoms with van der Waals surface area (Å²) in [5, 5.41) is 12.7. The molecule has 7 heteroatoms. The molecule has 0 bridgehead atoms. The summed E-state index contributed by atoms with van der Waals surface area (Å²) in [7, 11) is 0. The van der Waals surface area contributed by atoms with E-state index in [4.69, 9.17) is 0 Å². The third kappa shape index (κ3) is 4.89. The highest BCUT2D eigenvalue weighted by molar-refractivity contribution is 5.93. The summed E-state index contributed by atoms with van der Waals surface area (Å²) in [4.78, 5) is 28.8. The van der Waals surface area contributed by atoms with Gasteiger partial charge in [-0.05, 0) is 54.7 Å². The van der Waals surface area contributed by atoms with Gasteiger partial charge in [0.25, 0.3) is 0 Å². The number of fused-ring (bicyclic) bond motifs is 1. The number of benzene rings is 2. The van der Waals surface area contributed by atoms with Gasteiger partial charge in [-0.2, -0.15) is 0 Å². The van der Waals surface area contributed by atoms with Crippen LogP contribution < -0.4 is 5.32 Å². The van der Waals surface area contributed by atoms with Gasteiger partial charge in [0, 0.05) is 30.1 Å². The van der Waals surface area contributed by atoms with E-state index in [9.17, 15) is 19.1 Å². The smallest absolute Gasteiger partial charge is 0.322 e. The first-order chi connectivity index (χ1) is 17.0. The molecule has 2 heterocycles. The van der Waals surface area contributed by atoms with Gasteiger partial charge in [0.2, 0.25) is 5.91 Å². The van der Waals surface area contributed by atoms with Crippen molar-refractivity contribution in [3.8, 4) is 11.8 Å². The molecule has 1 aliphatic carbocycles. The van der Waals surface area contributed by atoms with Gasteiger partial charge in [-0.25, -0.2) is 9.18 Å². The fourth-order valence-electron chi connectivity index (χ4n) is 5.72. The summed E-state index contributed by atoms with van der Waals surface area (Å²) in [6.07, 6.45) is 6.15. The summed E-state index contributed by atoms with van der Waals surface area (Å²) < 4.78 is 13.5. The zero-order valence-electron chi connectivity index (χ0n) is 19.6. The quantitative estimate of drug-likeness (QED) is 0.658. The molecule has 2 N–H and O–H groups in total. The number of amides is 3. The maximum atomic E-state index is 13.5. The molecule has 5 rings (SSSR count). The van der Waals surface area contributed by atoms with E-state index in [2.05, 4.69) is 17.2 Å². The molecule has 182 valence electrons. The number of piperazine rings is 1. The minimum absolute atomic E-state index is 0.0730. The van der Waals surface area contributed by atoms with Crippen LogP contribution in [0.1, 0.15) is 49.1 Å². The summed E-state index contributed by atoms with van der Waals surface area (Å²) in [6, 6.07) is 12.7. The van der Waals surface area contributed by atoms with Crippen molar-refractivity contribution in [3.05, 3.63) is 65.5 Å². The van der Waals surface area contributed by atoms with Crippen LogP contribution in [0.5, 0.6) is 0 Å². The van der Waals surface area contributed by atoms with Crippen molar-refractivity contribution in [2.24, 2.45) is 5.92 Å². The number of rotatable bonds is 4. The van der Waals surface area contributed by atoms with Crippen LogP contribution in [0.25, 0.3) is 0 Å². The maximum Gasteiger partial charge on any atom is 0.322 e. The number of hydrogen-bond donors (Lipinski definition) is 2. The van der Waals surface area contributed by atoms with Crippen molar-refractivity contribution in [1.29, 1.82) is 0 Å². The molecule has 0 aromatic heterocycles. The standard InChI is InChI=1S/C28H30FN3O3/c29-22-9-4-10-23(15-22)30-28(35)31-16-24-27(25(18-33)32(24)26(34)17-31)21-13-11-20(12-14-21)8-3-7-19-5-1-2-6-19/h4,9-15,19,24-25,27,33H,1-2,5-7,16-18H2,(H,30,35)/t24-,25-,27+/m0/s1. The van der Waals surface area contributed by atoms with Crippen molar-refractivity contribution < 1.29 is 19.1 Å². The van der Waals surface area contributed by atoms with E-state index in [1.807, 2.05) is 24.3 Å². The molecule has 2 aromatic rings. The predicted octanol–water partition coefficient (Wildman–Crippen LogP) is 3.96. The van der Waals surface area contributed by atoms with Crippen LogP contribution in [0.2, 0.25) is 0 Å². The van der Waals surface area contributed by atoms with E-state index in [0.29, 0.717) is 12.2 Å². The van der Waals surface area contributed by atoms with E-state index in [1.165, 1.54) is 48.8 Å². The van der Waals surface area contributed by atoms with Gasteiger partial charge in [0.05, 0.1) is 18.7 Å². The lowest BCUT2D eigenvalue weighted by Crippen LogP contribution is -2.73. The minimum Gasteiger partial charge on any atom is -0.394 e. The first kappa shape index (κ1) is 23.4. The van der Waals surface area contributed by atoms with Crippen molar-refractivity contribution in [2.45, 2.75) is 50.1 Å². The zero-order chi connectivity index (χ0) is 24.4. The predicted molar refractivity (Wildman–Crippen MR) is 131 cm³/mol. The summed E-state index contributed by atoms with van der Waals surface area (Å²) in [5.41, 5.74) is 2.32. The Balaban J connectivity index is 1.26. The van der Waals surface area contributed by atoms with Crippen molar-refractivity contribution in [1.82, 2.24) is 9.80 Å². The maximum absolute atomic E-state index is 13.5. The number of nitrogens with one attached hydrogen (secondary N) is 1. The molecule has 35 heavy (non-hydrogen) atoms. The number of urea groups is 1. The number of aliphatic hydroxyl groups is 1. The van der Waals surface area contributed by atoms with Crippen molar-refractivity contribution in [2.75, 3.05) is 25.0 Å². The molecule has 3 fully saturated rings. The van der Waals surface area contributed by atoms with E-state index in [1.54, 1.807) is 11.0 Å². The Hall–Kier alpha value is -3.37. The lowest BCUT2D eigenvalue weighted by molar-refractivity contribution is -0.159. The van der Waals surface area contributed by atoms with E-state index >= 15 is 0 Å². The Morgan fingerprint density at radius 2 is 1.91 bits per heavy atom. The average molecular weight is 476 g/mol. The normalized spacial score (nSPS) is 23.8. The fraction of sp³-hybridized carbons (Fsp3) is 0.429. The Bertz CT molecular complexity index is 1150. The highest BCUT2D eigenvalue weighted by Crippen LogP contribution is 2.43. The molecule has 1 saturated carbocycles. The minimum atomic E-state index is -0.444. The fourth-order valence-corrected chi connectivity index (χ4v) is 5.72. The topological polar surface area (TPSA) is 72.9 Å². The van der Waals surface area contributed by atoms with Crippen LogP contribution in [0.4, 0.5) is 14.9 Å². The number of nitrogens with zero attached hydrogens (tertiary/aromatic N) is 2. The van der Waals surface area contributed by atoms with Crippen LogP contribution >= 0.6 is 0 Å². The number of anilines is 1. The SMILES string of the molecule is O=C(Nc1cccc(F)c1)N1CC(=O)N2[C@@H](CO)[C@H](c3ccc(C#CCC4CCCC4)cc3)[C@@H]2C1. The zero-order valence-corrected chi connectivity index (χ0v) is 19.6. The Morgan fingerprint density at radius 1 is 1.14 bits per heavy atom. The Kier molecular flexibility index (Phi) is 6.74. The van der Waals surface area contributed by atoms with Gasteiger partial charge >= 0.3 is 6.03 Å². The summed E-state index contributed by atoms with van der Waals surface area (Å²) >= 11 is 0. The first-order valence-electron chi connectivity index (χ1n) is 12.4. The number of hydrogen-bond acceptors (Lipinski definition) is 3. The monoisotopic (exact) mass is 475 g/mol. The molecule has 3 aliphatic rings. The molecule has 0 spiro atoms. The molecule has 3 amide bonds. The van der Waals surface area contributed by atoms with Crippen LogP contribution in [-0.2, 0) is 4.79 Å². The van der Waals surface area contributed by atoms with Gasteiger partial charge in [-0.15, -0.1) is 0 Å². The molecule has 6 nitrogen and oxygen atoms in total. The van der Waals surface area contributed by atoms with E-state index < -0.39 is 11.8 Å². The highest BCUT2D eigenvalue weighted by Gasteiger charge is 2.54. The van der Waals surface area contributed by atoms with Gasteiger partial charge in [-0.1, -0.05) is 42.9 Å². The molecule has 2 aromatic carbocycles. The second-order valence-corrected chi connectivity index (χ2v) is 9.74. The van der Waals surface area contributed by atoms with Gasteiger partial charge in [0.15, 0.2) is 0 Å². The summed E-state index contributed by atoms with van der Waals surface area (Å²) in [6.45, 7) is 0.138. The highest BCUT2D eigenvalue weighted by atomic mass is 19.1. The lowest BCUT2D eigenvalue weighted by atomic mass is 9.73. The largest absolute Gasteiger partial charge is 0.394 e. The average Bonchev–Trinajstić information content (AvgIpc) is 3.35. The first-order valence-corrected chi connectivity index (χ1v) is 12.4. The van der Waals surface area contributed by atoms with Crippen LogP contribution in [0, 0.1) is 23.6 Å². The molecular weight excluding hydrogens is 445 g/mol.